The van der Waals surface area contributed by atoms with Crippen molar-refractivity contribution in [2.24, 2.45) is 0 Å². The van der Waals surface area contributed by atoms with E-state index >= 15 is 0 Å². The van der Waals surface area contributed by atoms with Crippen molar-refractivity contribution in [2.45, 2.75) is 38.1 Å². The van der Waals surface area contributed by atoms with Gasteiger partial charge in [0.25, 0.3) is 0 Å². The molecule has 0 N–H and O–H groups in total. The number of benzene rings is 1. The minimum atomic E-state index is 0.277. The zero-order chi connectivity index (χ0) is 12.5. The molecule has 1 aromatic carbocycles. The Balaban J connectivity index is 1.99. The van der Waals surface area contributed by atoms with Crippen LogP contribution in [0.1, 0.15) is 42.9 Å². The van der Waals surface area contributed by atoms with Crippen molar-refractivity contribution in [3.8, 4) is 5.75 Å². The molecule has 1 saturated heterocycles. The molecule has 2 aliphatic rings. The van der Waals surface area contributed by atoms with Crippen LogP contribution in [0.5, 0.6) is 5.75 Å². The molecule has 1 heterocycles. The van der Waals surface area contributed by atoms with Crippen molar-refractivity contribution < 1.29 is 9.53 Å². The summed E-state index contributed by atoms with van der Waals surface area (Å²) in [7, 11) is 1.72. The molecule has 3 rings (SSSR count). The SMILES string of the molecule is COc1cccc2c1CCCC2N1CCCC1=O. The molecular formula is C15H19NO2. The highest BCUT2D eigenvalue weighted by molar-refractivity contribution is 5.78. The lowest BCUT2D eigenvalue weighted by molar-refractivity contribution is -0.130. The fourth-order valence-electron chi connectivity index (χ4n) is 3.30. The number of carbonyl (C=O) groups is 1. The highest BCUT2D eigenvalue weighted by Crippen LogP contribution is 2.39. The number of methoxy groups -OCH3 is 1. The van der Waals surface area contributed by atoms with Gasteiger partial charge in [-0.2, -0.15) is 0 Å². The lowest BCUT2D eigenvalue weighted by Crippen LogP contribution is -2.32. The lowest BCUT2D eigenvalue weighted by Gasteiger charge is -2.33. The van der Waals surface area contributed by atoms with Crippen molar-refractivity contribution in [1.82, 2.24) is 4.90 Å². The maximum atomic E-state index is 11.9. The molecule has 18 heavy (non-hydrogen) atoms. The van der Waals surface area contributed by atoms with Gasteiger partial charge in [0, 0.05) is 13.0 Å². The molecule has 1 amide bonds. The summed E-state index contributed by atoms with van der Waals surface area (Å²) in [5, 5.41) is 0. The van der Waals surface area contributed by atoms with Crippen LogP contribution < -0.4 is 4.74 Å². The Morgan fingerprint density at radius 3 is 2.89 bits per heavy atom. The van der Waals surface area contributed by atoms with Crippen LogP contribution in [-0.4, -0.2) is 24.5 Å². The smallest absolute Gasteiger partial charge is 0.223 e. The second-order valence-electron chi connectivity index (χ2n) is 5.13. The van der Waals surface area contributed by atoms with Crippen molar-refractivity contribution >= 4 is 5.91 Å². The number of fused-ring (bicyclic) bond motifs is 1. The first-order valence-electron chi connectivity index (χ1n) is 6.76. The molecular weight excluding hydrogens is 226 g/mol. The first-order chi connectivity index (χ1) is 8.81. The van der Waals surface area contributed by atoms with Gasteiger partial charge in [-0.1, -0.05) is 12.1 Å². The number of ether oxygens (including phenoxy) is 1. The van der Waals surface area contributed by atoms with E-state index in [9.17, 15) is 4.79 Å². The molecule has 0 bridgehead atoms. The van der Waals surface area contributed by atoms with Crippen molar-refractivity contribution in [3.05, 3.63) is 29.3 Å². The van der Waals surface area contributed by atoms with Gasteiger partial charge in [-0.05, 0) is 42.9 Å². The quantitative estimate of drug-likeness (QED) is 0.801. The van der Waals surface area contributed by atoms with Gasteiger partial charge in [0.2, 0.25) is 5.91 Å². The van der Waals surface area contributed by atoms with Gasteiger partial charge in [0.05, 0.1) is 13.2 Å². The van der Waals surface area contributed by atoms with E-state index in [2.05, 4.69) is 11.0 Å². The Labute approximate surface area is 108 Å². The summed E-state index contributed by atoms with van der Waals surface area (Å²) >= 11 is 0. The predicted octanol–water partition coefficient (Wildman–Crippen LogP) is 2.70. The average molecular weight is 245 g/mol. The van der Waals surface area contributed by atoms with Gasteiger partial charge in [-0.3, -0.25) is 4.79 Å². The number of nitrogens with zero attached hydrogens (tertiary/aromatic N) is 1. The third-order valence-corrected chi connectivity index (χ3v) is 4.14. The van der Waals surface area contributed by atoms with Crippen LogP contribution >= 0.6 is 0 Å². The van der Waals surface area contributed by atoms with Crippen molar-refractivity contribution in [2.75, 3.05) is 13.7 Å². The molecule has 0 radical (unpaired) electrons. The van der Waals surface area contributed by atoms with Crippen LogP contribution in [0.25, 0.3) is 0 Å². The summed E-state index contributed by atoms with van der Waals surface area (Å²) in [6.45, 7) is 0.917. The molecule has 1 aliphatic heterocycles. The molecule has 1 unspecified atom stereocenters. The number of amides is 1. The summed E-state index contributed by atoms with van der Waals surface area (Å²) in [5.74, 6) is 1.29. The molecule has 1 aromatic rings. The van der Waals surface area contributed by atoms with Gasteiger partial charge in [-0.25, -0.2) is 0 Å². The summed E-state index contributed by atoms with van der Waals surface area (Å²) < 4.78 is 5.45. The van der Waals surface area contributed by atoms with E-state index in [1.165, 1.54) is 11.1 Å². The average Bonchev–Trinajstić information content (AvgIpc) is 2.83. The Bertz CT molecular complexity index is 470. The first-order valence-corrected chi connectivity index (χ1v) is 6.76. The van der Waals surface area contributed by atoms with E-state index in [4.69, 9.17) is 4.74 Å². The topological polar surface area (TPSA) is 29.5 Å². The van der Waals surface area contributed by atoms with E-state index < -0.39 is 0 Å². The van der Waals surface area contributed by atoms with E-state index in [1.807, 2.05) is 12.1 Å². The van der Waals surface area contributed by atoms with Gasteiger partial charge >= 0.3 is 0 Å². The van der Waals surface area contributed by atoms with Gasteiger partial charge in [0.15, 0.2) is 0 Å². The van der Waals surface area contributed by atoms with E-state index in [0.717, 1.165) is 44.4 Å². The normalized spacial score (nSPS) is 23.1. The summed E-state index contributed by atoms with van der Waals surface area (Å²) in [6, 6.07) is 6.50. The molecule has 3 heteroatoms. The molecule has 1 atom stereocenters. The van der Waals surface area contributed by atoms with Crippen LogP contribution in [0, 0.1) is 0 Å². The molecule has 1 fully saturated rings. The standard InChI is InChI=1S/C15H19NO2/c1-18-14-8-3-5-11-12(14)6-2-7-13(11)16-10-4-9-15(16)17/h3,5,8,13H,2,4,6-7,9-10H2,1H3. The molecule has 96 valence electrons. The Hall–Kier alpha value is -1.51. The van der Waals surface area contributed by atoms with Crippen LogP contribution in [0.2, 0.25) is 0 Å². The zero-order valence-electron chi connectivity index (χ0n) is 10.8. The van der Waals surface area contributed by atoms with Crippen LogP contribution in [0.15, 0.2) is 18.2 Å². The second kappa shape index (κ2) is 4.63. The maximum absolute atomic E-state index is 11.9. The maximum Gasteiger partial charge on any atom is 0.223 e. The highest BCUT2D eigenvalue weighted by Gasteiger charge is 2.32. The van der Waals surface area contributed by atoms with Crippen LogP contribution in [0.3, 0.4) is 0 Å². The fourth-order valence-corrected chi connectivity index (χ4v) is 3.30. The lowest BCUT2D eigenvalue weighted by atomic mass is 9.86. The van der Waals surface area contributed by atoms with Crippen molar-refractivity contribution in [3.63, 3.8) is 0 Å². The molecule has 0 saturated carbocycles. The van der Waals surface area contributed by atoms with Gasteiger partial charge in [0.1, 0.15) is 5.75 Å². The van der Waals surface area contributed by atoms with E-state index in [1.54, 1.807) is 7.11 Å². The summed E-state index contributed by atoms with van der Waals surface area (Å²) in [5.41, 5.74) is 2.60. The zero-order valence-corrected chi connectivity index (χ0v) is 10.8. The molecule has 1 aliphatic carbocycles. The van der Waals surface area contributed by atoms with Gasteiger partial charge < -0.3 is 9.64 Å². The minimum Gasteiger partial charge on any atom is -0.496 e. The molecule has 0 spiro atoms. The Morgan fingerprint density at radius 1 is 1.28 bits per heavy atom. The Kier molecular flexibility index (Phi) is 2.98. The largest absolute Gasteiger partial charge is 0.496 e. The minimum absolute atomic E-state index is 0.277. The van der Waals surface area contributed by atoms with Crippen LogP contribution in [0.4, 0.5) is 0 Å². The predicted molar refractivity (Wildman–Crippen MR) is 69.6 cm³/mol. The number of hydrogen-bond donors (Lipinski definition) is 0. The second-order valence-corrected chi connectivity index (χ2v) is 5.13. The number of likely N-dealkylation sites (tertiary alicyclic amines) is 1. The van der Waals surface area contributed by atoms with Crippen LogP contribution in [-0.2, 0) is 11.2 Å². The number of carbonyl (C=O) groups excluding carboxylic acids is 1. The van der Waals surface area contributed by atoms with E-state index in [0.29, 0.717) is 5.91 Å². The van der Waals surface area contributed by atoms with Crippen molar-refractivity contribution in [1.29, 1.82) is 0 Å². The monoisotopic (exact) mass is 245 g/mol. The first kappa shape index (κ1) is 11.6. The Morgan fingerprint density at radius 2 is 2.17 bits per heavy atom. The van der Waals surface area contributed by atoms with E-state index in [-0.39, 0.29) is 6.04 Å². The van der Waals surface area contributed by atoms with Gasteiger partial charge in [-0.15, -0.1) is 0 Å². The summed E-state index contributed by atoms with van der Waals surface area (Å²) in [6.07, 6.45) is 5.02. The highest BCUT2D eigenvalue weighted by atomic mass is 16.5. The molecule has 3 nitrogen and oxygen atoms in total. The third-order valence-electron chi connectivity index (χ3n) is 4.14. The number of rotatable bonds is 2. The number of hydrogen-bond acceptors (Lipinski definition) is 2. The fraction of sp³-hybridized carbons (Fsp3) is 0.533. The summed E-state index contributed by atoms with van der Waals surface area (Å²) in [4.78, 5) is 14.0. The molecule has 0 aromatic heterocycles. The third kappa shape index (κ3) is 1.78.